The van der Waals surface area contributed by atoms with Crippen molar-refractivity contribution >= 4 is 6.21 Å². The zero-order valence-electron chi connectivity index (χ0n) is 6.39. The lowest BCUT2D eigenvalue weighted by atomic mass is 10.1. The average molecular weight is 129 g/mol. The van der Waals surface area contributed by atoms with Crippen LogP contribution in [0.1, 0.15) is 27.2 Å². The molecule has 0 aliphatic carbocycles. The second kappa shape index (κ2) is 3.62. The normalized spacial score (nSPS) is 18.2. The van der Waals surface area contributed by atoms with Gasteiger partial charge in [0.2, 0.25) is 0 Å². The van der Waals surface area contributed by atoms with Crippen LogP contribution in [-0.4, -0.2) is 23.5 Å². The molecular weight excluding hydrogens is 114 g/mol. The van der Waals surface area contributed by atoms with Crippen LogP contribution < -0.4 is 0 Å². The predicted molar refractivity (Wildman–Crippen MR) is 39.9 cm³/mol. The Bertz CT molecular complexity index is 97.1. The van der Waals surface area contributed by atoms with Gasteiger partial charge < -0.3 is 5.11 Å². The van der Waals surface area contributed by atoms with Crippen molar-refractivity contribution in [3.63, 3.8) is 0 Å². The molecule has 0 aromatic rings. The van der Waals surface area contributed by atoms with Crippen LogP contribution in [0.15, 0.2) is 4.99 Å². The quantitative estimate of drug-likeness (QED) is 0.571. The second-order valence-corrected chi connectivity index (χ2v) is 2.34. The summed E-state index contributed by atoms with van der Waals surface area (Å²) in [6, 6.07) is 0. The van der Waals surface area contributed by atoms with E-state index in [2.05, 4.69) is 4.99 Å². The maximum Gasteiger partial charge on any atom is 0.0962 e. The number of rotatable bonds is 3. The van der Waals surface area contributed by atoms with E-state index in [0.29, 0.717) is 0 Å². The minimum absolute atomic E-state index is 0.698. The van der Waals surface area contributed by atoms with Gasteiger partial charge in [0.25, 0.3) is 0 Å². The lowest BCUT2D eigenvalue weighted by molar-refractivity contribution is 0.133. The minimum atomic E-state index is -0.698. The van der Waals surface area contributed by atoms with Gasteiger partial charge >= 0.3 is 0 Å². The van der Waals surface area contributed by atoms with Gasteiger partial charge in [0.15, 0.2) is 0 Å². The first-order valence-corrected chi connectivity index (χ1v) is 3.35. The van der Waals surface area contributed by atoms with E-state index in [0.717, 1.165) is 13.0 Å². The highest BCUT2D eigenvalue weighted by Gasteiger charge is 2.12. The van der Waals surface area contributed by atoms with E-state index in [1.54, 1.807) is 13.1 Å². The lowest BCUT2D eigenvalue weighted by Crippen LogP contribution is -2.24. The summed E-state index contributed by atoms with van der Waals surface area (Å²) in [6.07, 6.45) is 2.32. The highest BCUT2D eigenvalue weighted by atomic mass is 16.3. The van der Waals surface area contributed by atoms with Gasteiger partial charge in [-0.05, 0) is 20.3 Å². The van der Waals surface area contributed by atoms with Gasteiger partial charge in [-0.25, -0.2) is 0 Å². The molecule has 9 heavy (non-hydrogen) atoms. The summed E-state index contributed by atoms with van der Waals surface area (Å²) in [5, 5.41) is 9.30. The van der Waals surface area contributed by atoms with Gasteiger partial charge in [-0.3, -0.25) is 4.99 Å². The highest BCUT2D eigenvalue weighted by molar-refractivity contribution is 5.67. The fourth-order valence-electron chi connectivity index (χ4n) is 0.379. The third kappa shape index (κ3) is 4.15. The number of nitrogens with zero attached hydrogens (tertiary/aromatic N) is 1. The average Bonchev–Trinajstić information content (AvgIpc) is 1.84. The van der Waals surface area contributed by atoms with E-state index in [1.807, 2.05) is 13.8 Å². The van der Waals surface area contributed by atoms with Crippen LogP contribution >= 0.6 is 0 Å². The third-order valence-corrected chi connectivity index (χ3v) is 1.27. The second-order valence-electron chi connectivity index (χ2n) is 2.34. The zero-order valence-corrected chi connectivity index (χ0v) is 6.39. The first kappa shape index (κ1) is 8.63. The van der Waals surface area contributed by atoms with Crippen molar-refractivity contribution in [2.45, 2.75) is 32.8 Å². The third-order valence-electron chi connectivity index (χ3n) is 1.27. The maximum absolute atomic E-state index is 9.30. The fraction of sp³-hybridized carbons (Fsp3) is 0.857. The Morgan fingerprint density at radius 3 is 2.44 bits per heavy atom. The van der Waals surface area contributed by atoms with Gasteiger partial charge in [0, 0.05) is 12.8 Å². The molecule has 0 aromatic carbocycles. The molecule has 0 aliphatic heterocycles. The molecule has 0 spiro atoms. The number of aliphatic imine (C=N–C) groups is 1. The van der Waals surface area contributed by atoms with E-state index < -0.39 is 5.60 Å². The zero-order chi connectivity index (χ0) is 7.33. The van der Waals surface area contributed by atoms with E-state index in [9.17, 15) is 5.11 Å². The molecule has 0 amide bonds. The molecule has 0 rings (SSSR count). The smallest absolute Gasteiger partial charge is 0.0962 e. The van der Waals surface area contributed by atoms with Crippen LogP contribution in [0.25, 0.3) is 0 Å². The number of hydrogen-bond acceptors (Lipinski definition) is 2. The lowest BCUT2D eigenvalue weighted by Gasteiger charge is -2.13. The maximum atomic E-state index is 9.30. The first-order chi connectivity index (χ1) is 4.12. The van der Waals surface area contributed by atoms with Crippen molar-refractivity contribution in [3.8, 4) is 0 Å². The molecule has 54 valence electrons. The predicted octanol–water partition coefficient (Wildman–Crippen LogP) is 1.24. The molecule has 2 heteroatoms. The topological polar surface area (TPSA) is 32.6 Å². The molecule has 1 N–H and O–H groups in total. The summed E-state index contributed by atoms with van der Waals surface area (Å²) < 4.78 is 0. The Morgan fingerprint density at radius 2 is 2.11 bits per heavy atom. The fourth-order valence-corrected chi connectivity index (χ4v) is 0.379. The Kier molecular flexibility index (Phi) is 3.47. The van der Waals surface area contributed by atoms with E-state index in [4.69, 9.17) is 0 Å². The van der Waals surface area contributed by atoms with Crippen LogP contribution in [0.4, 0.5) is 0 Å². The van der Waals surface area contributed by atoms with Gasteiger partial charge in [-0.15, -0.1) is 0 Å². The molecule has 1 atom stereocenters. The molecule has 0 saturated carbocycles. The van der Waals surface area contributed by atoms with Gasteiger partial charge in [-0.2, -0.15) is 0 Å². The van der Waals surface area contributed by atoms with E-state index >= 15 is 0 Å². The summed E-state index contributed by atoms with van der Waals surface area (Å²) in [4.78, 5) is 3.94. The largest absolute Gasteiger partial charge is 0.385 e. The van der Waals surface area contributed by atoms with Crippen molar-refractivity contribution in [1.82, 2.24) is 0 Å². The van der Waals surface area contributed by atoms with Crippen molar-refractivity contribution in [1.29, 1.82) is 0 Å². The van der Waals surface area contributed by atoms with Crippen molar-refractivity contribution < 1.29 is 5.11 Å². The summed E-state index contributed by atoms with van der Waals surface area (Å²) in [5.74, 6) is 0. The van der Waals surface area contributed by atoms with Gasteiger partial charge in [-0.1, -0.05) is 6.92 Å². The minimum Gasteiger partial charge on any atom is -0.385 e. The Balaban J connectivity index is 3.70. The number of hydrogen-bond donors (Lipinski definition) is 1. The van der Waals surface area contributed by atoms with Crippen LogP contribution in [0.3, 0.4) is 0 Å². The first-order valence-electron chi connectivity index (χ1n) is 3.35. The van der Waals surface area contributed by atoms with E-state index in [-0.39, 0.29) is 0 Å². The summed E-state index contributed by atoms with van der Waals surface area (Å²) in [5.41, 5.74) is -0.698. The SMILES string of the molecule is CCN=CC(C)(O)CC. The monoisotopic (exact) mass is 129 g/mol. The Hall–Kier alpha value is -0.370. The molecule has 0 fully saturated rings. The van der Waals surface area contributed by atoms with Crippen LogP contribution in [0.5, 0.6) is 0 Å². The molecule has 0 saturated heterocycles. The van der Waals surface area contributed by atoms with Gasteiger partial charge in [0.05, 0.1) is 5.60 Å². The van der Waals surface area contributed by atoms with Crippen LogP contribution in [0.2, 0.25) is 0 Å². The molecule has 0 aromatic heterocycles. The van der Waals surface area contributed by atoms with Crippen molar-refractivity contribution in [2.24, 2.45) is 4.99 Å². The van der Waals surface area contributed by atoms with Crippen LogP contribution in [0, 0.1) is 0 Å². The molecule has 2 nitrogen and oxygen atoms in total. The van der Waals surface area contributed by atoms with Crippen molar-refractivity contribution in [3.05, 3.63) is 0 Å². The molecule has 0 radical (unpaired) electrons. The molecule has 1 unspecified atom stereocenters. The number of aliphatic hydroxyl groups is 1. The highest BCUT2D eigenvalue weighted by Crippen LogP contribution is 2.03. The van der Waals surface area contributed by atoms with Crippen LogP contribution in [-0.2, 0) is 0 Å². The molecule has 0 bridgehead atoms. The molecule has 0 aliphatic rings. The van der Waals surface area contributed by atoms with Gasteiger partial charge in [0.1, 0.15) is 0 Å². The summed E-state index contributed by atoms with van der Waals surface area (Å²) >= 11 is 0. The molecule has 0 heterocycles. The Morgan fingerprint density at radius 1 is 1.56 bits per heavy atom. The van der Waals surface area contributed by atoms with Crippen molar-refractivity contribution in [2.75, 3.05) is 6.54 Å². The summed E-state index contributed by atoms with van der Waals surface area (Å²) in [7, 11) is 0. The van der Waals surface area contributed by atoms with E-state index in [1.165, 1.54) is 0 Å². The summed E-state index contributed by atoms with van der Waals surface area (Å²) in [6.45, 7) is 6.38. The Labute approximate surface area is 56.6 Å². The standard InChI is InChI=1S/C7H15NO/c1-4-7(3,9)6-8-5-2/h6,9H,4-5H2,1-3H3. The molecular formula is C7H15NO.